The summed E-state index contributed by atoms with van der Waals surface area (Å²) >= 11 is 0. The van der Waals surface area contributed by atoms with Crippen molar-refractivity contribution in [3.05, 3.63) is 48.3 Å². The van der Waals surface area contributed by atoms with Crippen LogP contribution in [0.2, 0.25) is 0 Å². The van der Waals surface area contributed by atoms with Gasteiger partial charge < -0.3 is 10.4 Å². The fourth-order valence-corrected chi connectivity index (χ4v) is 2.17. The van der Waals surface area contributed by atoms with Crippen LogP contribution >= 0.6 is 0 Å². The Labute approximate surface area is 124 Å². The Morgan fingerprint density at radius 1 is 1.38 bits per heavy atom. The normalized spacial score (nSPS) is 12.1. The van der Waals surface area contributed by atoms with Gasteiger partial charge in [0.05, 0.1) is 12.1 Å². The van der Waals surface area contributed by atoms with E-state index in [1.807, 2.05) is 43.5 Å². The van der Waals surface area contributed by atoms with E-state index in [9.17, 15) is 4.79 Å². The number of nitrogens with one attached hydrogen (secondary N) is 1. The number of hydrogen-bond donors (Lipinski definition) is 2. The molecule has 112 valence electrons. The summed E-state index contributed by atoms with van der Waals surface area (Å²) in [6.07, 6.45) is 5.48. The van der Waals surface area contributed by atoms with Gasteiger partial charge in [-0.15, -0.1) is 0 Å². The summed E-state index contributed by atoms with van der Waals surface area (Å²) in [5, 5.41) is 15.9. The molecule has 5 nitrogen and oxygen atoms in total. The summed E-state index contributed by atoms with van der Waals surface area (Å²) in [7, 11) is 0. The van der Waals surface area contributed by atoms with E-state index in [4.69, 9.17) is 5.11 Å². The minimum absolute atomic E-state index is 0.00674. The average Bonchev–Trinajstić information content (AvgIpc) is 3.00. The van der Waals surface area contributed by atoms with Gasteiger partial charge >= 0.3 is 0 Å². The lowest BCUT2D eigenvalue weighted by Crippen LogP contribution is -2.33. The lowest BCUT2D eigenvalue weighted by Gasteiger charge is -2.13. The fourth-order valence-electron chi connectivity index (χ4n) is 2.17. The van der Waals surface area contributed by atoms with E-state index in [1.54, 1.807) is 10.9 Å². The molecule has 21 heavy (non-hydrogen) atoms. The van der Waals surface area contributed by atoms with Gasteiger partial charge in [0.1, 0.15) is 0 Å². The number of aliphatic hydroxyl groups excluding tert-OH is 1. The van der Waals surface area contributed by atoms with Crippen molar-refractivity contribution in [1.82, 2.24) is 15.1 Å². The predicted octanol–water partition coefficient (Wildman–Crippen LogP) is 1.69. The van der Waals surface area contributed by atoms with Gasteiger partial charge in [-0.2, -0.15) is 5.10 Å². The summed E-state index contributed by atoms with van der Waals surface area (Å²) in [5.41, 5.74) is 1.94. The van der Waals surface area contributed by atoms with Gasteiger partial charge in [-0.1, -0.05) is 12.1 Å². The monoisotopic (exact) mass is 287 g/mol. The number of benzene rings is 1. The molecule has 0 aliphatic heterocycles. The molecular formula is C16H21N3O2. The zero-order chi connectivity index (χ0) is 15.1. The number of nitrogens with zero attached hydrogens (tertiary/aromatic N) is 2. The third-order valence-corrected chi connectivity index (χ3v) is 3.27. The zero-order valence-corrected chi connectivity index (χ0v) is 12.2. The number of carbonyl (C=O) groups excluding carboxylic acids is 1. The van der Waals surface area contributed by atoms with Crippen LogP contribution in [0.5, 0.6) is 0 Å². The van der Waals surface area contributed by atoms with Crippen molar-refractivity contribution in [3.8, 4) is 5.69 Å². The van der Waals surface area contributed by atoms with Gasteiger partial charge in [0.15, 0.2) is 0 Å². The van der Waals surface area contributed by atoms with Crippen molar-refractivity contribution in [2.45, 2.75) is 32.2 Å². The molecule has 2 rings (SSSR count). The first-order chi connectivity index (χ1) is 10.2. The molecule has 2 N–H and O–H groups in total. The molecule has 2 aromatic rings. The Bertz CT molecular complexity index is 549. The number of hydrogen-bond acceptors (Lipinski definition) is 3. The molecule has 0 saturated heterocycles. The van der Waals surface area contributed by atoms with Crippen molar-refractivity contribution in [1.29, 1.82) is 0 Å². The minimum atomic E-state index is 0.00674. The standard InChI is InChI=1S/C16H21N3O2/c1-13(4-2-11-20)18-16(21)12-14-5-7-15(8-6-14)19-10-3-9-17-19/h3,5-10,13,20H,2,4,11-12H2,1H3,(H,18,21). The first-order valence-electron chi connectivity index (χ1n) is 7.18. The van der Waals surface area contributed by atoms with Crippen LogP contribution in [0.25, 0.3) is 5.69 Å². The maximum atomic E-state index is 11.9. The van der Waals surface area contributed by atoms with E-state index in [2.05, 4.69) is 10.4 Å². The summed E-state index contributed by atoms with van der Waals surface area (Å²) in [4.78, 5) is 11.9. The van der Waals surface area contributed by atoms with E-state index in [0.29, 0.717) is 12.8 Å². The highest BCUT2D eigenvalue weighted by Gasteiger charge is 2.08. The third-order valence-electron chi connectivity index (χ3n) is 3.27. The van der Waals surface area contributed by atoms with Gasteiger partial charge in [0, 0.05) is 25.0 Å². The molecule has 1 aromatic heterocycles. The van der Waals surface area contributed by atoms with E-state index >= 15 is 0 Å². The highest BCUT2D eigenvalue weighted by Crippen LogP contribution is 2.09. The number of aromatic nitrogens is 2. The number of carbonyl (C=O) groups is 1. The summed E-state index contributed by atoms with van der Waals surface area (Å²) < 4.78 is 1.78. The summed E-state index contributed by atoms with van der Waals surface area (Å²) in [6.45, 7) is 2.11. The van der Waals surface area contributed by atoms with E-state index in [1.165, 1.54) is 0 Å². The zero-order valence-electron chi connectivity index (χ0n) is 12.2. The van der Waals surface area contributed by atoms with Crippen LogP contribution in [-0.4, -0.2) is 33.4 Å². The van der Waals surface area contributed by atoms with Crippen molar-refractivity contribution < 1.29 is 9.90 Å². The van der Waals surface area contributed by atoms with Crippen LogP contribution in [0.15, 0.2) is 42.7 Å². The smallest absolute Gasteiger partial charge is 0.224 e. The molecule has 0 fully saturated rings. The van der Waals surface area contributed by atoms with Gasteiger partial charge in [0.2, 0.25) is 5.91 Å². The van der Waals surface area contributed by atoms with Gasteiger partial charge in [-0.25, -0.2) is 4.68 Å². The maximum Gasteiger partial charge on any atom is 0.224 e. The molecule has 1 unspecified atom stereocenters. The van der Waals surface area contributed by atoms with E-state index < -0.39 is 0 Å². The van der Waals surface area contributed by atoms with Gasteiger partial charge in [-0.05, 0) is 43.5 Å². The molecule has 0 saturated carbocycles. The molecule has 0 bridgehead atoms. The highest BCUT2D eigenvalue weighted by molar-refractivity contribution is 5.78. The second-order valence-corrected chi connectivity index (χ2v) is 5.13. The molecule has 0 aliphatic rings. The molecule has 5 heteroatoms. The first-order valence-corrected chi connectivity index (χ1v) is 7.18. The van der Waals surface area contributed by atoms with Gasteiger partial charge in [0.25, 0.3) is 0 Å². The van der Waals surface area contributed by atoms with Crippen molar-refractivity contribution in [2.24, 2.45) is 0 Å². The molecule has 0 spiro atoms. The van der Waals surface area contributed by atoms with Crippen LogP contribution < -0.4 is 5.32 Å². The summed E-state index contributed by atoms with van der Waals surface area (Å²) in [5.74, 6) is 0.00674. The average molecular weight is 287 g/mol. The highest BCUT2D eigenvalue weighted by atomic mass is 16.3. The van der Waals surface area contributed by atoms with Crippen LogP contribution in [0, 0.1) is 0 Å². The van der Waals surface area contributed by atoms with Crippen molar-refractivity contribution >= 4 is 5.91 Å². The Hall–Kier alpha value is -2.14. The quantitative estimate of drug-likeness (QED) is 0.814. The number of amides is 1. The topological polar surface area (TPSA) is 67.2 Å². The van der Waals surface area contributed by atoms with Crippen LogP contribution in [0.4, 0.5) is 0 Å². The van der Waals surface area contributed by atoms with Crippen LogP contribution in [0.1, 0.15) is 25.3 Å². The van der Waals surface area contributed by atoms with E-state index in [0.717, 1.165) is 17.7 Å². The predicted molar refractivity (Wildman–Crippen MR) is 81.2 cm³/mol. The Balaban J connectivity index is 1.87. The minimum Gasteiger partial charge on any atom is -0.396 e. The lowest BCUT2D eigenvalue weighted by atomic mass is 10.1. The van der Waals surface area contributed by atoms with Gasteiger partial charge in [-0.3, -0.25) is 4.79 Å². The summed E-state index contributed by atoms with van der Waals surface area (Å²) in [6, 6.07) is 9.74. The Morgan fingerprint density at radius 2 is 2.14 bits per heavy atom. The SMILES string of the molecule is CC(CCCO)NC(=O)Cc1ccc(-n2cccn2)cc1. The van der Waals surface area contributed by atoms with Crippen LogP contribution in [0.3, 0.4) is 0 Å². The Kier molecular flexibility index (Phi) is 5.51. The van der Waals surface area contributed by atoms with E-state index in [-0.39, 0.29) is 18.6 Å². The van der Waals surface area contributed by atoms with Crippen molar-refractivity contribution in [2.75, 3.05) is 6.61 Å². The molecule has 1 amide bonds. The second kappa shape index (κ2) is 7.59. The molecular weight excluding hydrogens is 266 g/mol. The largest absolute Gasteiger partial charge is 0.396 e. The van der Waals surface area contributed by atoms with Crippen molar-refractivity contribution in [3.63, 3.8) is 0 Å². The maximum absolute atomic E-state index is 11.9. The molecule has 0 aliphatic carbocycles. The third kappa shape index (κ3) is 4.72. The molecule has 1 atom stereocenters. The number of rotatable bonds is 7. The van der Waals surface area contributed by atoms with Crippen LogP contribution in [-0.2, 0) is 11.2 Å². The Morgan fingerprint density at radius 3 is 2.76 bits per heavy atom. The molecule has 1 aromatic carbocycles. The molecule has 1 heterocycles. The fraction of sp³-hybridized carbons (Fsp3) is 0.375. The first kappa shape index (κ1) is 15.3. The lowest BCUT2D eigenvalue weighted by molar-refractivity contribution is -0.121. The second-order valence-electron chi connectivity index (χ2n) is 5.13. The molecule has 0 radical (unpaired) electrons. The number of aliphatic hydroxyl groups is 1.